The maximum absolute atomic E-state index is 13.0. The van der Waals surface area contributed by atoms with Crippen LogP contribution in [0.3, 0.4) is 0 Å². The molecule has 1 heterocycles. The van der Waals surface area contributed by atoms with Crippen LogP contribution in [0.15, 0.2) is 30.3 Å². The second-order valence-electron chi connectivity index (χ2n) is 7.42. The van der Waals surface area contributed by atoms with Crippen molar-refractivity contribution >= 4 is 17.7 Å². The summed E-state index contributed by atoms with van der Waals surface area (Å²) in [4.78, 5) is 13.0. The van der Waals surface area contributed by atoms with Crippen molar-refractivity contribution in [2.45, 2.75) is 50.5 Å². The van der Waals surface area contributed by atoms with Gasteiger partial charge in [-0.15, -0.1) is 0 Å². The van der Waals surface area contributed by atoms with E-state index >= 15 is 0 Å². The minimum atomic E-state index is -1.53. The molecule has 1 saturated carbocycles. The van der Waals surface area contributed by atoms with Crippen molar-refractivity contribution in [2.75, 3.05) is 19.7 Å². The van der Waals surface area contributed by atoms with Crippen LogP contribution >= 0.6 is 11.8 Å². The summed E-state index contributed by atoms with van der Waals surface area (Å²) in [5.74, 6) is -0.231. The maximum atomic E-state index is 13.0. The molecule has 4 nitrogen and oxygen atoms in total. The fraction of sp³-hybridized carbons (Fsp3) is 0.650. The largest absolute Gasteiger partial charge is 0.463 e. The van der Waals surface area contributed by atoms with Crippen LogP contribution in [0.1, 0.15) is 50.5 Å². The molecule has 2 aliphatic rings. The molecule has 1 aromatic carbocycles. The molecule has 5 heteroatoms. The van der Waals surface area contributed by atoms with Crippen molar-refractivity contribution in [2.24, 2.45) is 11.8 Å². The van der Waals surface area contributed by atoms with Gasteiger partial charge in [0.2, 0.25) is 0 Å². The third-order valence-corrected chi connectivity index (χ3v) is 6.07. The molecule has 1 aliphatic heterocycles. The molecule has 1 unspecified atom stereocenters. The van der Waals surface area contributed by atoms with Crippen molar-refractivity contribution in [3.05, 3.63) is 35.9 Å². The molecule has 25 heavy (non-hydrogen) atoms. The van der Waals surface area contributed by atoms with Crippen LogP contribution in [0.25, 0.3) is 0 Å². The van der Waals surface area contributed by atoms with E-state index < -0.39 is 11.6 Å². The summed E-state index contributed by atoms with van der Waals surface area (Å²) >= 11 is 5.98. The van der Waals surface area contributed by atoms with Crippen LogP contribution in [0, 0.1) is 11.8 Å². The predicted molar refractivity (Wildman–Crippen MR) is 98.0 cm³/mol. The number of rotatable bonds is 5. The van der Waals surface area contributed by atoms with Crippen LogP contribution in [-0.2, 0) is 15.1 Å². The first-order chi connectivity index (χ1) is 12.1. The van der Waals surface area contributed by atoms with E-state index in [1.54, 1.807) is 4.42 Å². The molecule has 1 saturated heterocycles. The summed E-state index contributed by atoms with van der Waals surface area (Å²) in [5, 5.41) is 11.4. The van der Waals surface area contributed by atoms with Crippen molar-refractivity contribution in [3.63, 3.8) is 0 Å². The molecular formula is C20H28ClNO3. The minimum Gasteiger partial charge on any atom is -0.463 e. The highest BCUT2D eigenvalue weighted by molar-refractivity contribution is 6.13. The molecule has 2 fully saturated rings. The number of ether oxygens (including phenoxy) is 1. The second-order valence-corrected chi connectivity index (χ2v) is 7.90. The smallest absolute Gasteiger partial charge is 0.343 e. The first kappa shape index (κ1) is 18.7. The summed E-state index contributed by atoms with van der Waals surface area (Å²) in [5.41, 5.74) is -0.878. The average molecular weight is 366 g/mol. The van der Waals surface area contributed by atoms with Gasteiger partial charge in [-0.25, -0.2) is 9.21 Å². The molecule has 0 aromatic heterocycles. The van der Waals surface area contributed by atoms with E-state index in [1.165, 1.54) is 6.42 Å². The molecular weight excluding hydrogens is 338 g/mol. The first-order valence-corrected chi connectivity index (χ1v) is 9.80. The van der Waals surface area contributed by atoms with E-state index in [0.29, 0.717) is 18.1 Å². The zero-order valence-corrected chi connectivity index (χ0v) is 15.5. The van der Waals surface area contributed by atoms with E-state index in [-0.39, 0.29) is 5.92 Å². The molecule has 138 valence electrons. The lowest BCUT2D eigenvalue weighted by Crippen LogP contribution is -2.45. The number of piperidine rings is 1. The Bertz CT molecular complexity index is 553. The Hall–Kier alpha value is -1.10. The number of carbonyl (C=O) groups excluding carboxylic acids is 1. The number of nitrogens with zero attached hydrogens (tertiary/aromatic N) is 1. The Labute approximate surface area is 155 Å². The van der Waals surface area contributed by atoms with Crippen LogP contribution in [-0.4, -0.2) is 35.2 Å². The van der Waals surface area contributed by atoms with Gasteiger partial charge in [-0.1, -0.05) is 49.6 Å². The van der Waals surface area contributed by atoms with Gasteiger partial charge in [0.1, 0.15) is 0 Å². The van der Waals surface area contributed by atoms with Crippen molar-refractivity contribution < 1.29 is 14.6 Å². The number of halogens is 1. The summed E-state index contributed by atoms with van der Waals surface area (Å²) in [7, 11) is 0. The van der Waals surface area contributed by atoms with E-state index in [9.17, 15) is 9.90 Å². The van der Waals surface area contributed by atoms with E-state index in [2.05, 4.69) is 0 Å². The topological polar surface area (TPSA) is 49.8 Å². The van der Waals surface area contributed by atoms with E-state index in [4.69, 9.17) is 16.5 Å². The Morgan fingerprint density at radius 1 is 1.12 bits per heavy atom. The molecule has 1 N–H and O–H groups in total. The number of hydrogen-bond acceptors (Lipinski definition) is 4. The Morgan fingerprint density at radius 3 is 2.40 bits per heavy atom. The maximum Gasteiger partial charge on any atom is 0.343 e. The second kappa shape index (κ2) is 8.52. The van der Waals surface area contributed by atoms with Crippen molar-refractivity contribution in [1.29, 1.82) is 0 Å². The van der Waals surface area contributed by atoms with Gasteiger partial charge in [0, 0.05) is 19.0 Å². The highest BCUT2D eigenvalue weighted by Crippen LogP contribution is 2.40. The predicted octanol–water partition coefficient (Wildman–Crippen LogP) is 3.86. The lowest BCUT2D eigenvalue weighted by molar-refractivity contribution is -0.177. The SMILES string of the molecule is O=C(OCC1CCN(Cl)CC1)C(O)(c1ccccc1)C1CCCCC1. The highest BCUT2D eigenvalue weighted by atomic mass is 35.5. The van der Waals surface area contributed by atoms with E-state index in [0.717, 1.165) is 51.6 Å². The molecule has 3 rings (SSSR count). The van der Waals surface area contributed by atoms with Crippen LogP contribution in [0.2, 0.25) is 0 Å². The highest BCUT2D eigenvalue weighted by Gasteiger charge is 2.47. The molecule has 0 radical (unpaired) electrons. The standard InChI is InChI=1S/C20H28ClNO3/c21-22-13-11-16(12-14-22)15-25-19(23)20(24,17-7-3-1-4-8-17)18-9-5-2-6-10-18/h1,3-4,7-8,16,18,24H,2,5-6,9-15H2. The fourth-order valence-electron chi connectivity index (χ4n) is 4.10. The van der Waals surface area contributed by atoms with Gasteiger partial charge < -0.3 is 9.84 Å². The number of aliphatic hydroxyl groups is 1. The minimum absolute atomic E-state index is 0.0687. The number of benzene rings is 1. The number of hydrogen-bond donors (Lipinski definition) is 1. The third kappa shape index (κ3) is 4.36. The summed E-state index contributed by atoms with van der Waals surface area (Å²) < 4.78 is 7.42. The van der Waals surface area contributed by atoms with Gasteiger partial charge in [-0.3, -0.25) is 0 Å². The van der Waals surface area contributed by atoms with E-state index in [1.807, 2.05) is 30.3 Å². The Balaban J connectivity index is 1.71. The molecule has 1 aromatic rings. The number of esters is 1. The van der Waals surface area contributed by atoms with Crippen LogP contribution in [0.4, 0.5) is 0 Å². The van der Waals surface area contributed by atoms with Crippen molar-refractivity contribution in [1.82, 2.24) is 4.42 Å². The lowest BCUT2D eigenvalue weighted by Gasteiger charge is -2.37. The van der Waals surface area contributed by atoms with Gasteiger partial charge in [-0.2, -0.15) is 0 Å². The zero-order valence-electron chi connectivity index (χ0n) is 14.7. The normalized spacial score (nSPS) is 23.1. The molecule has 0 spiro atoms. The monoisotopic (exact) mass is 365 g/mol. The van der Waals surface area contributed by atoms with Gasteiger partial charge in [-0.05, 0) is 48.9 Å². The van der Waals surface area contributed by atoms with Crippen LogP contribution in [0.5, 0.6) is 0 Å². The van der Waals surface area contributed by atoms with Gasteiger partial charge >= 0.3 is 5.97 Å². The van der Waals surface area contributed by atoms with Gasteiger partial charge in [0.05, 0.1) is 6.61 Å². The summed E-state index contributed by atoms with van der Waals surface area (Å²) in [6.07, 6.45) is 6.86. The van der Waals surface area contributed by atoms with Crippen molar-refractivity contribution in [3.8, 4) is 0 Å². The zero-order chi connectivity index (χ0) is 17.7. The quantitative estimate of drug-likeness (QED) is 0.635. The average Bonchev–Trinajstić information content (AvgIpc) is 2.68. The summed E-state index contributed by atoms with van der Waals surface area (Å²) in [6.45, 7) is 2.00. The molecule has 0 amide bonds. The molecule has 1 atom stereocenters. The Morgan fingerprint density at radius 2 is 1.76 bits per heavy atom. The molecule has 0 bridgehead atoms. The van der Waals surface area contributed by atoms with Gasteiger partial charge in [0.15, 0.2) is 5.60 Å². The number of carbonyl (C=O) groups is 1. The van der Waals surface area contributed by atoms with Crippen LogP contribution < -0.4 is 0 Å². The summed E-state index contributed by atoms with van der Waals surface area (Å²) in [6, 6.07) is 9.30. The fourth-order valence-corrected chi connectivity index (χ4v) is 4.30. The molecule has 1 aliphatic carbocycles. The Kier molecular flexibility index (Phi) is 6.37. The van der Waals surface area contributed by atoms with Gasteiger partial charge in [0.25, 0.3) is 0 Å². The lowest BCUT2D eigenvalue weighted by atomic mass is 9.73. The first-order valence-electron chi connectivity index (χ1n) is 9.46. The third-order valence-electron chi connectivity index (χ3n) is 5.73.